The topological polar surface area (TPSA) is 92.8 Å². The molecule has 0 unspecified atom stereocenters. The van der Waals surface area contributed by atoms with Gasteiger partial charge in [0.1, 0.15) is 12.1 Å². The molecule has 156 valence electrons. The molecule has 7 heteroatoms. The van der Waals surface area contributed by atoms with Gasteiger partial charge in [0.05, 0.1) is 0 Å². The van der Waals surface area contributed by atoms with Gasteiger partial charge < -0.3 is 10.1 Å². The molecule has 2 atom stereocenters. The number of urea groups is 1. The summed E-state index contributed by atoms with van der Waals surface area (Å²) in [5, 5.41) is 2.63. The number of ketones is 1. The summed E-state index contributed by atoms with van der Waals surface area (Å²) in [4.78, 5) is 50.8. The van der Waals surface area contributed by atoms with Gasteiger partial charge in [-0.3, -0.25) is 19.3 Å². The van der Waals surface area contributed by atoms with Crippen LogP contribution in [0.4, 0.5) is 4.79 Å². The smallest absolute Gasteiger partial charge is 0.326 e. The van der Waals surface area contributed by atoms with E-state index in [2.05, 4.69) is 5.32 Å². The van der Waals surface area contributed by atoms with Crippen LogP contribution < -0.4 is 5.32 Å². The summed E-state index contributed by atoms with van der Waals surface area (Å²) in [6.45, 7) is 4.49. The first-order valence-electron chi connectivity index (χ1n) is 9.78. The highest BCUT2D eigenvalue weighted by molar-refractivity contribution is 6.09. The Labute approximate surface area is 175 Å². The Morgan fingerprint density at radius 3 is 2.30 bits per heavy atom. The fraction of sp³-hybridized carbons (Fsp3) is 0.304. The third kappa shape index (κ3) is 4.10. The zero-order valence-electron chi connectivity index (χ0n) is 17.2. The summed E-state index contributed by atoms with van der Waals surface area (Å²) in [6.07, 6.45) is -0.182. The van der Waals surface area contributed by atoms with Crippen LogP contribution in [0.25, 0.3) is 0 Å². The van der Waals surface area contributed by atoms with Crippen LogP contribution in [0.3, 0.4) is 0 Å². The molecule has 2 aromatic carbocycles. The molecule has 1 heterocycles. The van der Waals surface area contributed by atoms with Gasteiger partial charge in [0.25, 0.3) is 5.91 Å². The largest absolute Gasteiger partial charge is 0.453 e. The molecule has 2 aromatic rings. The summed E-state index contributed by atoms with van der Waals surface area (Å²) < 4.78 is 5.19. The number of hydrogen-bond acceptors (Lipinski definition) is 5. The van der Waals surface area contributed by atoms with E-state index < -0.39 is 36.1 Å². The third-order valence-electron chi connectivity index (χ3n) is 5.24. The van der Waals surface area contributed by atoms with E-state index in [9.17, 15) is 19.2 Å². The van der Waals surface area contributed by atoms with Gasteiger partial charge in [0, 0.05) is 5.56 Å². The summed E-state index contributed by atoms with van der Waals surface area (Å²) in [5.74, 6) is -1.73. The van der Waals surface area contributed by atoms with E-state index in [1.165, 1.54) is 6.92 Å². The molecule has 30 heavy (non-hydrogen) atoms. The lowest BCUT2D eigenvalue weighted by atomic mass is 9.92. The normalized spacial score (nSPS) is 19.4. The third-order valence-corrected chi connectivity index (χ3v) is 5.24. The molecule has 0 radical (unpaired) electrons. The van der Waals surface area contributed by atoms with Crippen LogP contribution in [0, 0.1) is 0 Å². The molecule has 0 saturated carbocycles. The number of benzene rings is 2. The van der Waals surface area contributed by atoms with E-state index in [0.717, 1.165) is 16.9 Å². The Kier molecular flexibility index (Phi) is 6.01. The predicted octanol–water partition coefficient (Wildman–Crippen LogP) is 2.83. The Balaban J connectivity index is 1.64. The summed E-state index contributed by atoms with van der Waals surface area (Å²) >= 11 is 0. The van der Waals surface area contributed by atoms with E-state index in [1.807, 2.05) is 19.1 Å². The number of ether oxygens (including phenoxy) is 1. The number of nitrogens with one attached hydrogen (secondary N) is 1. The zero-order chi connectivity index (χ0) is 21.9. The number of hydrogen-bond donors (Lipinski definition) is 1. The maximum Gasteiger partial charge on any atom is 0.326 e. The highest BCUT2D eigenvalue weighted by atomic mass is 16.5. The minimum atomic E-state index is -1.26. The molecule has 3 amide bonds. The monoisotopic (exact) mass is 408 g/mol. The average molecular weight is 408 g/mol. The van der Waals surface area contributed by atoms with Gasteiger partial charge in [-0.25, -0.2) is 4.79 Å². The van der Waals surface area contributed by atoms with Crippen molar-refractivity contribution in [2.45, 2.75) is 38.8 Å². The second-order valence-corrected chi connectivity index (χ2v) is 7.36. The Morgan fingerprint density at radius 2 is 1.70 bits per heavy atom. The fourth-order valence-electron chi connectivity index (χ4n) is 3.36. The minimum absolute atomic E-state index is 0.350. The van der Waals surface area contributed by atoms with Crippen molar-refractivity contribution in [2.24, 2.45) is 0 Å². The summed E-state index contributed by atoms with van der Waals surface area (Å²) in [7, 11) is 0. The Morgan fingerprint density at radius 1 is 1.07 bits per heavy atom. The molecule has 3 rings (SSSR count). The maximum atomic E-state index is 12.8. The predicted molar refractivity (Wildman–Crippen MR) is 110 cm³/mol. The molecular weight excluding hydrogens is 384 g/mol. The maximum absolute atomic E-state index is 12.8. The van der Waals surface area contributed by atoms with Crippen LogP contribution in [0.5, 0.6) is 0 Å². The number of imide groups is 1. The SMILES string of the molecule is CCc1ccc(C(=O)[C@@H](C)OC(=O)CN2C(=O)N[C@](C)(c3ccccc3)C2=O)cc1. The van der Waals surface area contributed by atoms with Crippen LogP contribution in [-0.2, 0) is 26.3 Å². The van der Waals surface area contributed by atoms with Gasteiger partial charge in [0.15, 0.2) is 6.10 Å². The van der Waals surface area contributed by atoms with Crippen LogP contribution >= 0.6 is 0 Å². The first-order valence-corrected chi connectivity index (χ1v) is 9.78. The van der Waals surface area contributed by atoms with E-state index in [0.29, 0.717) is 11.1 Å². The number of carbonyl (C=O) groups is 4. The highest BCUT2D eigenvalue weighted by Crippen LogP contribution is 2.28. The number of rotatable bonds is 7. The van der Waals surface area contributed by atoms with Gasteiger partial charge in [-0.15, -0.1) is 0 Å². The molecule has 1 fully saturated rings. The highest BCUT2D eigenvalue weighted by Gasteiger charge is 2.49. The lowest BCUT2D eigenvalue weighted by Gasteiger charge is -2.22. The molecule has 0 spiro atoms. The first kappa shape index (κ1) is 21.2. The zero-order valence-corrected chi connectivity index (χ0v) is 17.2. The molecule has 1 aliphatic heterocycles. The van der Waals surface area contributed by atoms with Gasteiger partial charge >= 0.3 is 12.0 Å². The Bertz CT molecular complexity index is 971. The minimum Gasteiger partial charge on any atom is -0.453 e. The van der Waals surface area contributed by atoms with Gasteiger partial charge in [0.2, 0.25) is 5.78 Å². The van der Waals surface area contributed by atoms with Gasteiger partial charge in [-0.05, 0) is 31.4 Å². The lowest BCUT2D eigenvalue weighted by Crippen LogP contribution is -2.42. The molecule has 0 aromatic heterocycles. The van der Waals surface area contributed by atoms with Crippen LogP contribution in [-0.4, -0.2) is 41.2 Å². The quantitative estimate of drug-likeness (QED) is 0.432. The molecular formula is C23H24N2O5. The van der Waals surface area contributed by atoms with Crippen molar-refractivity contribution in [1.29, 1.82) is 0 Å². The van der Waals surface area contributed by atoms with Crippen LogP contribution in [0.2, 0.25) is 0 Å². The average Bonchev–Trinajstić information content (AvgIpc) is 2.97. The van der Waals surface area contributed by atoms with E-state index in [1.54, 1.807) is 49.4 Å². The van der Waals surface area contributed by atoms with Crippen LogP contribution in [0.15, 0.2) is 54.6 Å². The fourth-order valence-corrected chi connectivity index (χ4v) is 3.36. The number of carbonyl (C=O) groups excluding carboxylic acids is 4. The molecule has 7 nitrogen and oxygen atoms in total. The van der Waals surface area contributed by atoms with Crippen molar-refractivity contribution in [2.75, 3.05) is 6.54 Å². The second-order valence-electron chi connectivity index (χ2n) is 7.36. The number of amides is 3. The molecule has 1 saturated heterocycles. The lowest BCUT2D eigenvalue weighted by molar-refractivity contribution is -0.149. The number of esters is 1. The molecule has 1 aliphatic rings. The summed E-state index contributed by atoms with van der Waals surface area (Å²) in [6, 6.07) is 15.2. The Hall–Kier alpha value is -3.48. The van der Waals surface area contributed by atoms with Crippen molar-refractivity contribution < 1.29 is 23.9 Å². The van der Waals surface area contributed by atoms with E-state index >= 15 is 0 Å². The van der Waals surface area contributed by atoms with E-state index in [4.69, 9.17) is 4.74 Å². The van der Waals surface area contributed by atoms with Crippen molar-refractivity contribution in [3.05, 3.63) is 71.3 Å². The molecule has 0 bridgehead atoms. The van der Waals surface area contributed by atoms with Crippen molar-refractivity contribution in [1.82, 2.24) is 10.2 Å². The standard InChI is InChI=1S/C23H24N2O5/c1-4-16-10-12-17(13-11-16)20(27)15(2)30-19(26)14-25-21(28)23(3,24-22(25)29)18-8-6-5-7-9-18/h5-13,15H,4,14H2,1-3H3,(H,24,29)/t15-,23-/m1/s1. The number of aryl methyl sites for hydroxylation is 1. The second kappa shape index (κ2) is 8.49. The number of Topliss-reactive ketones (excluding diaryl/α,β-unsaturated/α-hetero) is 1. The summed E-state index contributed by atoms with van der Waals surface area (Å²) in [5.41, 5.74) is 0.870. The van der Waals surface area contributed by atoms with Crippen molar-refractivity contribution in [3.8, 4) is 0 Å². The number of nitrogens with zero attached hydrogens (tertiary/aromatic N) is 1. The first-order chi connectivity index (χ1) is 14.3. The van der Waals surface area contributed by atoms with Gasteiger partial charge in [-0.2, -0.15) is 0 Å². The van der Waals surface area contributed by atoms with Crippen LogP contribution in [0.1, 0.15) is 42.3 Å². The molecule has 0 aliphatic carbocycles. The van der Waals surface area contributed by atoms with Gasteiger partial charge in [-0.1, -0.05) is 61.5 Å². The van der Waals surface area contributed by atoms with Crippen molar-refractivity contribution in [3.63, 3.8) is 0 Å². The van der Waals surface area contributed by atoms with Crippen molar-refractivity contribution >= 4 is 23.7 Å². The molecule has 1 N–H and O–H groups in total. The van der Waals surface area contributed by atoms with E-state index in [-0.39, 0.29) is 5.78 Å².